The Hall–Kier alpha value is -2.74. The monoisotopic (exact) mass is 353 g/mol. The molecule has 0 saturated heterocycles. The number of aliphatic hydroxyl groups is 2. The molecule has 7 nitrogen and oxygen atoms in total. The van der Waals surface area contributed by atoms with Crippen LogP contribution in [0.25, 0.3) is 22.3 Å². The van der Waals surface area contributed by atoms with E-state index >= 15 is 0 Å². The number of aliphatic hydroxyl groups excluding tert-OH is 2. The number of methoxy groups -OCH3 is 1. The molecule has 0 radical (unpaired) electrons. The number of benzene rings is 1. The van der Waals surface area contributed by atoms with Crippen LogP contribution in [0.4, 0.5) is 5.69 Å². The van der Waals surface area contributed by atoms with Crippen LogP contribution in [0.5, 0.6) is 0 Å². The van der Waals surface area contributed by atoms with E-state index in [2.05, 4.69) is 0 Å². The Bertz CT molecular complexity index is 1070. The SMILES string of the molecule is COCc1c(C(O)CO)cc2n(c1=O)Cc1cc3cc(N)ccc3nc1-2. The van der Waals surface area contributed by atoms with Crippen LogP contribution in [-0.2, 0) is 17.9 Å². The average molecular weight is 353 g/mol. The summed E-state index contributed by atoms with van der Waals surface area (Å²) in [6.07, 6.45) is -1.15. The molecule has 0 aliphatic carbocycles. The van der Waals surface area contributed by atoms with Crippen molar-refractivity contribution in [1.82, 2.24) is 9.55 Å². The van der Waals surface area contributed by atoms with Gasteiger partial charge in [-0.05, 0) is 35.9 Å². The van der Waals surface area contributed by atoms with Crippen molar-refractivity contribution in [2.24, 2.45) is 0 Å². The summed E-state index contributed by atoms with van der Waals surface area (Å²) in [7, 11) is 1.49. The molecule has 0 amide bonds. The third-order valence-electron chi connectivity index (χ3n) is 4.74. The van der Waals surface area contributed by atoms with Crippen LogP contribution in [-0.4, -0.2) is 33.5 Å². The molecule has 1 atom stereocenters. The van der Waals surface area contributed by atoms with Crippen LogP contribution in [0.1, 0.15) is 22.8 Å². The quantitative estimate of drug-likeness (QED) is 0.475. The second-order valence-electron chi connectivity index (χ2n) is 6.43. The summed E-state index contributed by atoms with van der Waals surface area (Å²) in [6.45, 7) is -0.0157. The van der Waals surface area contributed by atoms with E-state index in [0.29, 0.717) is 34.7 Å². The van der Waals surface area contributed by atoms with E-state index in [9.17, 15) is 15.0 Å². The molecule has 1 unspecified atom stereocenters. The van der Waals surface area contributed by atoms with Gasteiger partial charge in [0.1, 0.15) is 6.10 Å². The summed E-state index contributed by atoms with van der Waals surface area (Å²) >= 11 is 0. The van der Waals surface area contributed by atoms with Crippen molar-refractivity contribution < 1.29 is 14.9 Å². The second-order valence-corrected chi connectivity index (χ2v) is 6.43. The number of rotatable bonds is 4. The van der Waals surface area contributed by atoms with Crippen molar-refractivity contribution in [1.29, 1.82) is 0 Å². The first-order chi connectivity index (χ1) is 12.5. The Kier molecular flexibility index (Phi) is 3.99. The summed E-state index contributed by atoms with van der Waals surface area (Å²) < 4.78 is 6.75. The highest BCUT2D eigenvalue weighted by atomic mass is 16.5. The summed E-state index contributed by atoms with van der Waals surface area (Å²) in [5.41, 5.74) is 10.0. The predicted molar refractivity (Wildman–Crippen MR) is 97.7 cm³/mol. The maximum Gasteiger partial charge on any atom is 0.257 e. The zero-order chi connectivity index (χ0) is 18.4. The molecule has 1 aromatic carbocycles. The zero-order valence-corrected chi connectivity index (χ0v) is 14.3. The molecule has 134 valence electrons. The standard InChI is InChI=1S/C19H19N3O4/c1-26-9-14-13(17(24)8-23)6-16-18-11(7-22(16)19(14)25)4-10-5-12(20)2-3-15(10)21-18/h2-6,17,23-24H,7-9,20H2,1H3. The van der Waals surface area contributed by atoms with Gasteiger partial charge in [0.05, 0.1) is 36.7 Å². The van der Waals surface area contributed by atoms with E-state index in [1.807, 2.05) is 18.2 Å². The van der Waals surface area contributed by atoms with E-state index in [4.69, 9.17) is 15.5 Å². The number of hydrogen-bond donors (Lipinski definition) is 3. The highest BCUT2D eigenvalue weighted by Gasteiger charge is 2.27. The van der Waals surface area contributed by atoms with Gasteiger partial charge in [-0.15, -0.1) is 0 Å². The molecule has 0 bridgehead atoms. The van der Waals surface area contributed by atoms with Gasteiger partial charge in [0.2, 0.25) is 0 Å². The van der Waals surface area contributed by atoms with E-state index in [0.717, 1.165) is 16.5 Å². The van der Waals surface area contributed by atoms with Crippen LogP contribution >= 0.6 is 0 Å². The first kappa shape index (κ1) is 16.7. The zero-order valence-electron chi connectivity index (χ0n) is 14.3. The van der Waals surface area contributed by atoms with Gasteiger partial charge >= 0.3 is 0 Å². The minimum absolute atomic E-state index is 0.0633. The van der Waals surface area contributed by atoms with Crippen LogP contribution in [0, 0.1) is 0 Å². The summed E-state index contributed by atoms with van der Waals surface area (Å²) in [4.78, 5) is 17.6. The van der Waals surface area contributed by atoms with Crippen molar-refractivity contribution in [2.45, 2.75) is 19.3 Å². The minimum Gasteiger partial charge on any atom is -0.399 e. The lowest BCUT2D eigenvalue weighted by Crippen LogP contribution is -2.26. The maximum absolute atomic E-state index is 13.0. The van der Waals surface area contributed by atoms with Gasteiger partial charge in [-0.3, -0.25) is 4.79 Å². The van der Waals surface area contributed by atoms with Crippen molar-refractivity contribution >= 4 is 16.6 Å². The Labute approximate surface area is 149 Å². The summed E-state index contributed by atoms with van der Waals surface area (Å²) in [5, 5.41) is 20.4. The normalized spacial score (nSPS) is 13.7. The maximum atomic E-state index is 13.0. The number of pyridine rings is 2. The molecule has 4 N–H and O–H groups in total. The van der Waals surface area contributed by atoms with E-state index < -0.39 is 12.7 Å². The fourth-order valence-electron chi connectivity index (χ4n) is 3.50. The van der Waals surface area contributed by atoms with Gasteiger partial charge < -0.3 is 25.3 Å². The fourth-order valence-corrected chi connectivity index (χ4v) is 3.50. The number of nitrogens with two attached hydrogens (primary N) is 1. The molecule has 2 aromatic heterocycles. The smallest absolute Gasteiger partial charge is 0.257 e. The summed E-state index contributed by atoms with van der Waals surface area (Å²) in [6, 6.07) is 9.18. The van der Waals surface area contributed by atoms with E-state index in [1.165, 1.54) is 7.11 Å². The van der Waals surface area contributed by atoms with Gasteiger partial charge in [-0.2, -0.15) is 0 Å². The third-order valence-corrected chi connectivity index (χ3v) is 4.74. The molecule has 26 heavy (non-hydrogen) atoms. The Morgan fingerprint density at radius 1 is 1.35 bits per heavy atom. The second kappa shape index (κ2) is 6.21. The number of anilines is 1. The van der Waals surface area contributed by atoms with E-state index in [-0.39, 0.29) is 12.2 Å². The van der Waals surface area contributed by atoms with Crippen LogP contribution in [0.2, 0.25) is 0 Å². The first-order valence-electron chi connectivity index (χ1n) is 8.27. The Morgan fingerprint density at radius 2 is 2.15 bits per heavy atom. The third kappa shape index (κ3) is 2.48. The molecule has 1 aliphatic rings. The first-order valence-corrected chi connectivity index (χ1v) is 8.27. The van der Waals surface area contributed by atoms with Crippen LogP contribution < -0.4 is 11.3 Å². The predicted octanol–water partition coefficient (Wildman–Crippen LogP) is 1.18. The number of ether oxygens (including phenoxy) is 1. The van der Waals surface area contributed by atoms with Gasteiger partial charge in [0, 0.05) is 29.3 Å². The lowest BCUT2D eigenvalue weighted by Gasteiger charge is -2.16. The Morgan fingerprint density at radius 3 is 2.88 bits per heavy atom. The highest BCUT2D eigenvalue weighted by molar-refractivity contribution is 5.86. The van der Waals surface area contributed by atoms with Crippen molar-refractivity contribution in [3.05, 3.63) is 57.4 Å². The van der Waals surface area contributed by atoms with Gasteiger partial charge in [-0.1, -0.05) is 0 Å². The number of nitrogens with zero attached hydrogens (tertiary/aromatic N) is 2. The number of nitrogen functional groups attached to an aromatic ring is 1. The highest BCUT2D eigenvalue weighted by Crippen LogP contribution is 2.34. The molecule has 0 fully saturated rings. The topological polar surface area (TPSA) is 111 Å². The van der Waals surface area contributed by atoms with Crippen LogP contribution in [0.15, 0.2) is 35.1 Å². The van der Waals surface area contributed by atoms with Crippen LogP contribution in [0.3, 0.4) is 0 Å². The van der Waals surface area contributed by atoms with Crippen molar-refractivity contribution in [3.63, 3.8) is 0 Å². The lowest BCUT2D eigenvalue weighted by molar-refractivity contribution is 0.0920. The molecule has 4 rings (SSSR count). The molecule has 7 heteroatoms. The van der Waals surface area contributed by atoms with Gasteiger partial charge in [0.15, 0.2) is 0 Å². The number of hydrogen-bond acceptors (Lipinski definition) is 6. The Balaban J connectivity index is 1.96. The minimum atomic E-state index is -1.15. The molecule has 0 saturated carbocycles. The molecule has 3 heterocycles. The van der Waals surface area contributed by atoms with E-state index in [1.54, 1.807) is 16.7 Å². The molecule has 3 aromatic rings. The van der Waals surface area contributed by atoms with Crippen molar-refractivity contribution in [3.8, 4) is 11.4 Å². The lowest BCUT2D eigenvalue weighted by atomic mass is 10.0. The average Bonchev–Trinajstić information content (AvgIpc) is 2.99. The molecule has 0 spiro atoms. The fraction of sp³-hybridized carbons (Fsp3) is 0.263. The number of fused-ring (bicyclic) bond motifs is 4. The molecular formula is C19H19N3O4. The largest absolute Gasteiger partial charge is 0.399 e. The molecule has 1 aliphatic heterocycles. The molecular weight excluding hydrogens is 334 g/mol. The van der Waals surface area contributed by atoms with Gasteiger partial charge in [-0.25, -0.2) is 4.98 Å². The van der Waals surface area contributed by atoms with Gasteiger partial charge in [0.25, 0.3) is 5.56 Å². The number of aromatic nitrogens is 2. The van der Waals surface area contributed by atoms with Crippen molar-refractivity contribution in [2.75, 3.05) is 19.5 Å². The summed E-state index contributed by atoms with van der Waals surface area (Å²) in [5.74, 6) is 0.